The van der Waals surface area contributed by atoms with E-state index in [1.54, 1.807) is 0 Å². The summed E-state index contributed by atoms with van der Waals surface area (Å²) in [6.45, 7) is 2.54. The van der Waals surface area contributed by atoms with E-state index in [1.807, 2.05) is 42.5 Å². The standard InChI is InChI=1S/C17H18N2O/c20-17(19-12-13-8-10-18-11-9-13)16-7-3-5-14-4-1-2-6-15(14)16/h1-8,18H,9-12H2,(H,19,20). The molecule has 1 aliphatic rings. The van der Waals surface area contributed by atoms with E-state index >= 15 is 0 Å². The molecule has 3 nitrogen and oxygen atoms in total. The summed E-state index contributed by atoms with van der Waals surface area (Å²) in [5, 5.41) is 8.40. The van der Waals surface area contributed by atoms with Gasteiger partial charge in [-0.25, -0.2) is 0 Å². The van der Waals surface area contributed by atoms with Gasteiger partial charge in [0.25, 0.3) is 5.91 Å². The lowest BCUT2D eigenvalue weighted by molar-refractivity contribution is 0.0958. The highest BCUT2D eigenvalue weighted by Crippen LogP contribution is 2.18. The Kier molecular flexibility index (Phi) is 3.79. The maximum atomic E-state index is 12.3. The van der Waals surface area contributed by atoms with Gasteiger partial charge in [-0.1, -0.05) is 48.0 Å². The van der Waals surface area contributed by atoms with E-state index in [2.05, 4.69) is 16.7 Å². The van der Waals surface area contributed by atoms with Gasteiger partial charge in [0.05, 0.1) is 0 Å². The monoisotopic (exact) mass is 266 g/mol. The molecule has 0 fully saturated rings. The van der Waals surface area contributed by atoms with Crippen molar-refractivity contribution in [3.8, 4) is 0 Å². The summed E-state index contributed by atoms with van der Waals surface area (Å²) in [7, 11) is 0. The first kappa shape index (κ1) is 12.9. The van der Waals surface area contributed by atoms with Crippen molar-refractivity contribution in [2.75, 3.05) is 19.6 Å². The van der Waals surface area contributed by atoms with Crippen LogP contribution in [-0.2, 0) is 0 Å². The average molecular weight is 266 g/mol. The molecule has 1 aliphatic heterocycles. The van der Waals surface area contributed by atoms with Crippen LogP contribution in [0.3, 0.4) is 0 Å². The fraction of sp³-hybridized carbons (Fsp3) is 0.235. The number of hydrogen-bond donors (Lipinski definition) is 2. The van der Waals surface area contributed by atoms with Crippen molar-refractivity contribution < 1.29 is 4.79 Å². The molecule has 0 unspecified atom stereocenters. The van der Waals surface area contributed by atoms with Crippen LogP contribution in [0.4, 0.5) is 0 Å². The van der Waals surface area contributed by atoms with Crippen LogP contribution in [0.15, 0.2) is 54.1 Å². The predicted octanol–water partition coefficient (Wildman–Crippen LogP) is 2.49. The van der Waals surface area contributed by atoms with Gasteiger partial charge in [-0.2, -0.15) is 0 Å². The molecule has 0 atom stereocenters. The van der Waals surface area contributed by atoms with E-state index < -0.39 is 0 Å². The van der Waals surface area contributed by atoms with E-state index in [0.717, 1.165) is 35.8 Å². The van der Waals surface area contributed by atoms with Gasteiger partial charge in [0, 0.05) is 18.7 Å². The molecule has 0 aromatic heterocycles. The van der Waals surface area contributed by atoms with Crippen LogP contribution in [0, 0.1) is 0 Å². The zero-order valence-electron chi connectivity index (χ0n) is 11.4. The van der Waals surface area contributed by atoms with Gasteiger partial charge in [0.15, 0.2) is 0 Å². The van der Waals surface area contributed by atoms with E-state index in [9.17, 15) is 4.79 Å². The number of benzene rings is 2. The summed E-state index contributed by atoms with van der Waals surface area (Å²) in [4.78, 5) is 12.3. The van der Waals surface area contributed by atoms with Crippen LogP contribution in [0.2, 0.25) is 0 Å². The Balaban J connectivity index is 1.77. The zero-order chi connectivity index (χ0) is 13.8. The molecule has 0 saturated carbocycles. The normalized spacial score (nSPS) is 14.9. The first-order chi connectivity index (χ1) is 9.84. The Labute approximate surface area is 118 Å². The third kappa shape index (κ3) is 2.73. The van der Waals surface area contributed by atoms with E-state index in [4.69, 9.17) is 0 Å². The molecule has 0 radical (unpaired) electrons. The lowest BCUT2D eigenvalue weighted by Gasteiger charge is -2.15. The number of nitrogens with one attached hydrogen (secondary N) is 2. The number of rotatable bonds is 3. The molecule has 0 aliphatic carbocycles. The maximum absolute atomic E-state index is 12.3. The molecule has 102 valence electrons. The molecule has 1 amide bonds. The molecule has 3 rings (SSSR count). The third-order valence-corrected chi connectivity index (χ3v) is 3.67. The fourth-order valence-corrected chi connectivity index (χ4v) is 2.54. The van der Waals surface area contributed by atoms with Crippen molar-refractivity contribution in [3.63, 3.8) is 0 Å². The molecule has 20 heavy (non-hydrogen) atoms. The molecule has 0 bridgehead atoms. The van der Waals surface area contributed by atoms with Crippen molar-refractivity contribution in [1.82, 2.24) is 10.6 Å². The first-order valence-electron chi connectivity index (χ1n) is 6.99. The third-order valence-electron chi connectivity index (χ3n) is 3.67. The Morgan fingerprint density at radius 3 is 2.85 bits per heavy atom. The van der Waals surface area contributed by atoms with Crippen molar-refractivity contribution in [1.29, 1.82) is 0 Å². The molecule has 2 aromatic carbocycles. The highest BCUT2D eigenvalue weighted by Gasteiger charge is 2.10. The summed E-state index contributed by atoms with van der Waals surface area (Å²) < 4.78 is 0. The Morgan fingerprint density at radius 2 is 2.00 bits per heavy atom. The molecular weight excluding hydrogens is 248 g/mol. The zero-order valence-corrected chi connectivity index (χ0v) is 11.4. The largest absolute Gasteiger partial charge is 0.348 e. The van der Waals surface area contributed by atoms with Crippen molar-refractivity contribution >= 4 is 16.7 Å². The second-order valence-electron chi connectivity index (χ2n) is 5.03. The van der Waals surface area contributed by atoms with Gasteiger partial charge < -0.3 is 10.6 Å². The van der Waals surface area contributed by atoms with E-state index in [0.29, 0.717) is 6.54 Å². The summed E-state index contributed by atoms with van der Waals surface area (Å²) in [6.07, 6.45) is 3.17. The molecule has 3 heteroatoms. The predicted molar refractivity (Wildman–Crippen MR) is 81.9 cm³/mol. The second kappa shape index (κ2) is 5.88. The minimum absolute atomic E-state index is 0.00114. The molecule has 2 N–H and O–H groups in total. The van der Waals surface area contributed by atoms with Gasteiger partial charge in [0.2, 0.25) is 0 Å². The highest BCUT2D eigenvalue weighted by atomic mass is 16.1. The minimum Gasteiger partial charge on any atom is -0.348 e. The molecular formula is C17H18N2O. The summed E-state index contributed by atoms with van der Waals surface area (Å²) in [5.41, 5.74) is 2.05. The van der Waals surface area contributed by atoms with Crippen molar-refractivity contribution in [3.05, 3.63) is 59.7 Å². The van der Waals surface area contributed by atoms with Gasteiger partial charge in [-0.15, -0.1) is 0 Å². The summed E-state index contributed by atoms with van der Waals surface area (Å²) >= 11 is 0. The van der Waals surface area contributed by atoms with Gasteiger partial charge in [-0.3, -0.25) is 4.79 Å². The maximum Gasteiger partial charge on any atom is 0.252 e. The number of carbonyl (C=O) groups excluding carboxylic acids is 1. The second-order valence-corrected chi connectivity index (χ2v) is 5.03. The van der Waals surface area contributed by atoms with Crippen LogP contribution in [0.1, 0.15) is 16.8 Å². The van der Waals surface area contributed by atoms with Crippen LogP contribution in [0.5, 0.6) is 0 Å². The van der Waals surface area contributed by atoms with E-state index in [1.165, 1.54) is 5.57 Å². The van der Waals surface area contributed by atoms with Crippen LogP contribution >= 0.6 is 0 Å². The van der Waals surface area contributed by atoms with Crippen LogP contribution < -0.4 is 10.6 Å². The lowest BCUT2D eigenvalue weighted by atomic mass is 10.0. The van der Waals surface area contributed by atoms with Crippen LogP contribution in [-0.4, -0.2) is 25.5 Å². The van der Waals surface area contributed by atoms with Crippen LogP contribution in [0.25, 0.3) is 10.8 Å². The summed E-state index contributed by atoms with van der Waals surface area (Å²) in [6, 6.07) is 13.8. The molecule has 1 heterocycles. The number of carbonyl (C=O) groups is 1. The first-order valence-corrected chi connectivity index (χ1v) is 6.99. The lowest BCUT2D eigenvalue weighted by Crippen LogP contribution is -2.29. The topological polar surface area (TPSA) is 41.1 Å². The molecule has 0 spiro atoms. The molecule has 2 aromatic rings. The Morgan fingerprint density at radius 1 is 1.15 bits per heavy atom. The average Bonchev–Trinajstić information content (AvgIpc) is 2.53. The van der Waals surface area contributed by atoms with Gasteiger partial charge in [-0.05, 0) is 29.8 Å². The number of hydrogen-bond acceptors (Lipinski definition) is 2. The molecule has 0 saturated heterocycles. The minimum atomic E-state index is 0.00114. The Bertz CT molecular complexity index is 656. The van der Waals surface area contributed by atoms with E-state index in [-0.39, 0.29) is 5.91 Å². The summed E-state index contributed by atoms with van der Waals surface area (Å²) in [5.74, 6) is 0.00114. The number of amides is 1. The van der Waals surface area contributed by atoms with Gasteiger partial charge in [0.1, 0.15) is 0 Å². The quantitative estimate of drug-likeness (QED) is 0.838. The SMILES string of the molecule is O=C(NCC1=CCNCC1)c1cccc2ccccc12. The Hall–Kier alpha value is -2.13. The highest BCUT2D eigenvalue weighted by molar-refractivity contribution is 6.07. The smallest absolute Gasteiger partial charge is 0.252 e. The van der Waals surface area contributed by atoms with Gasteiger partial charge >= 0.3 is 0 Å². The number of fused-ring (bicyclic) bond motifs is 1. The fourth-order valence-electron chi connectivity index (χ4n) is 2.54. The van der Waals surface area contributed by atoms with Crippen molar-refractivity contribution in [2.45, 2.75) is 6.42 Å². The van der Waals surface area contributed by atoms with Crippen molar-refractivity contribution in [2.24, 2.45) is 0 Å².